The summed E-state index contributed by atoms with van der Waals surface area (Å²) in [5.74, 6) is -0.430. The van der Waals surface area contributed by atoms with Crippen LogP contribution >= 0.6 is 0 Å². The molecule has 0 radical (unpaired) electrons. The second-order valence-electron chi connectivity index (χ2n) is 5.84. The zero-order valence-electron chi connectivity index (χ0n) is 12.8. The Morgan fingerprint density at radius 1 is 1.08 bits per heavy atom. The maximum atomic E-state index is 12.7. The average molecular weight is 318 g/mol. The molecule has 24 heavy (non-hydrogen) atoms. The third-order valence-electron chi connectivity index (χ3n) is 4.31. The number of hydrogen-bond donors (Lipinski definition) is 1. The highest BCUT2D eigenvalue weighted by Crippen LogP contribution is 2.34. The maximum absolute atomic E-state index is 12.7. The van der Waals surface area contributed by atoms with Gasteiger partial charge in [0, 0.05) is 5.56 Å². The number of allylic oxidation sites excluding steroid dienone is 1. The predicted octanol–water partition coefficient (Wildman–Crippen LogP) is 3.98. The van der Waals surface area contributed by atoms with Gasteiger partial charge in [-0.15, -0.1) is 0 Å². The van der Waals surface area contributed by atoms with Crippen LogP contribution in [-0.2, 0) is 6.42 Å². The highest BCUT2D eigenvalue weighted by atomic mass is 16.4. The number of aromatic carboxylic acids is 1. The molecule has 1 aromatic heterocycles. The Morgan fingerprint density at radius 3 is 2.62 bits per heavy atom. The fourth-order valence-corrected chi connectivity index (χ4v) is 3.11. The van der Waals surface area contributed by atoms with Crippen LogP contribution in [0.5, 0.6) is 0 Å². The summed E-state index contributed by atoms with van der Waals surface area (Å²) in [7, 11) is 0. The first-order valence-electron chi connectivity index (χ1n) is 7.72. The summed E-state index contributed by atoms with van der Waals surface area (Å²) in [6.45, 7) is 0. The summed E-state index contributed by atoms with van der Waals surface area (Å²) in [6, 6.07) is 14.3. The lowest BCUT2D eigenvalue weighted by molar-refractivity contribution is 0.0697. The Kier molecular flexibility index (Phi) is 3.31. The summed E-state index contributed by atoms with van der Waals surface area (Å²) in [4.78, 5) is 23.8. The van der Waals surface area contributed by atoms with Crippen molar-refractivity contribution in [2.75, 3.05) is 0 Å². The Balaban J connectivity index is 1.90. The van der Waals surface area contributed by atoms with E-state index in [4.69, 9.17) is 9.52 Å². The van der Waals surface area contributed by atoms with Crippen molar-refractivity contribution in [1.29, 1.82) is 0 Å². The van der Waals surface area contributed by atoms with Crippen LogP contribution in [0.25, 0.3) is 22.6 Å². The SMILES string of the molecule is O=C(O)c1ccc2oc3c(c(=O)c2c1)CC/C3=C\c1ccccc1. The first-order chi connectivity index (χ1) is 11.6. The second kappa shape index (κ2) is 5.49. The molecular weight excluding hydrogens is 304 g/mol. The molecule has 0 bridgehead atoms. The quantitative estimate of drug-likeness (QED) is 0.776. The Morgan fingerprint density at radius 2 is 1.88 bits per heavy atom. The molecule has 4 nitrogen and oxygen atoms in total. The van der Waals surface area contributed by atoms with Crippen molar-refractivity contribution in [3.63, 3.8) is 0 Å². The van der Waals surface area contributed by atoms with Crippen molar-refractivity contribution in [3.05, 3.63) is 81.2 Å². The van der Waals surface area contributed by atoms with E-state index in [-0.39, 0.29) is 11.0 Å². The molecule has 1 aliphatic carbocycles. The van der Waals surface area contributed by atoms with Gasteiger partial charge in [-0.1, -0.05) is 30.3 Å². The van der Waals surface area contributed by atoms with Crippen molar-refractivity contribution in [2.24, 2.45) is 0 Å². The minimum absolute atomic E-state index is 0.0906. The van der Waals surface area contributed by atoms with Crippen LogP contribution in [0.3, 0.4) is 0 Å². The van der Waals surface area contributed by atoms with Gasteiger partial charge in [-0.25, -0.2) is 4.79 Å². The molecule has 1 aliphatic rings. The summed E-state index contributed by atoms with van der Waals surface area (Å²) >= 11 is 0. The number of benzene rings is 2. The lowest BCUT2D eigenvalue weighted by Crippen LogP contribution is -2.09. The Labute approximate surface area is 137 Å². The number of carbonyl (C=O) groups is 1. The van der Waals surface area contributed by atoms with Gasteiger partial charge in [0.15, 0.2) is 5.43 Å². The van der Waals surface area contributed by atoms with Gasteiger partial charge in [0.05, 0.1) is 10.9 Å². The molecule has 0 aliphatic heterocycles. The number of carboxylic acids is 1. The number of hydrogen-bond acceptors (Lipinski definition) is 3. The molecular formula is C20H14O4. The van der Waals surface area contributed by atoms with Crippen molar-refractivity contribution in [3.8, 4) is 0 Å². The fourth-order valence-electron chi connectivity index (χ4n) is 3.11. The Bertz CT molecular complexity index is 1040. The van der Waals surface area contributed by atoms with Crippen LogP contribution < -0.4 is 5.43 Å². The van der Waals surface area contributed by atoms with Gasteiger partial charge < -0.3 is 9.52 Å². The zero-order valence-corrected chi connectivity index (χ0v) is 12.8. The van der Waals surface area contributed by atoms with E-state index in [1.165, 1.54) is 12.1 Å². The van der Waals surface area contributed by atoms with Gasteiger partial charge in [0.25, 0.3) is 0 Å². The molecule has 0 spiro atoms. The predicted molar refractivity (Wildman–Crippen MR) is 92.1 cm³/mol. The minimum Gasteiger partial charge on any atom is -0.478 e. The van der Waals surface area contributed by atoms with Crippen LogP contribution in [-0.4, -0.2) is 11.1 Å². The standard InChI is InChI=1S/C20H14O4/c21-18-15-8-6-13(10-12-4-2-1-3-5-12)19(15)24-17-9-7-14(20(22)23)11-16(17)18/h1-5,7,9-11H,6,8H2,(H,22,23)/b13-10+. The largest absolute Gasteiger partial charge is 0.478 e. The van der Waals surface area contributed by atoms with Crippen molar-refractivity contribution >= 4 is 28.6 Å². The first kappa shape index (κ1) is 14.5. The van der Waals surface area contributed by atoms with Gasteiger partial charge in [0.1, 0.15) is 11.3 Å². The van der Waals surface area contributed by atoms with E-state index in [2.05, 4.69) is 0 Å². The minimum atomic E-state index is -1.05. The highest BCUT2D eigenvalue weighted by molar-refractivity contribution is 5.94. The van der Waals surface area contributed by atoms with Crippen molar-refractivity contribution < 1.29 is 14.3 Å². The van der Waals surface area contributed by atoms with Gasteiger partial charge in [-0.05, 0) is 48.3 Å². The fraction of sp³-hybridized carbons (Fsp3) is 0.100. The van der Waals surface area contributed by atoms with Crippen LogP contribution in [0, 0.1) is 0 Å². The molecule has 118 valence electrons. The molecule has 0 atom stereocenters. The molecule has 3 aromatic rings. The molecule has 0 saturated heterocycles. The van der Waals surface area contributed by atoms with Gasteiger partial charge in [-0.3, -0.25) is 4.79 Å². The molecule has 1 N–H and O–H groups in total. The van der Waals surface area contributed by atoms with E-state index in [1.807, 2.05) is 36.4 Å². The smallest absolute Gasteiger partial charge is 0.335 e. The molecule has 0 amide bonds. The summed E-state index contributed by atoms with van der Waals surface area (Å²) in [5, 5.41) is 9.42. The number of fused-ring (bicyclic) bond motifs is 2. The number of rotatable bonds is 2. The van der Waals surface area contributed by atoms with Gasteiger partial charge >= 0.3 is 5.97 Å². The lowest BCUT2D eigenvalue weighted by atomic mass is 10.1. The van der Waals surface area contributed by atoms with E-state index >= 15 is 0 Å². The van der Waals surface area contributed by atoms with Crippen LogP contribution in [0.2, 0.25) is 0 Å². The second-order valence-corrected chi connectivity index (χ2v) is 5.84. The molecule has 4 rings (SSSR count). The molecule has 1 heterocycles. The van der Waals surface area contributed by atoms with E-state index in [9.17, 15) is 9.59 Å². The van der Waals surface area contributed by atoms with Crippen molar-refractivity contribution in [2.45, 2.75) is 12.8 Å². The van der Waals surface area contributed by atoms with Crippen LogP contribution in [0.4, 0.5) is 0 Å². The highest BCUT2D eigenvalue weighted by Gasteiger charge is 2.24. The van der Waals surface area contributed by atoms with Gasteiger partial charge in [-0.2, -0.15) is 0 Å². The molecule has 2 aromatic carbocycles. The summed E-state index contributed by atoms with van der Waals surface area (Å²) in [5.41, 5.74) is 3.07. The topological polar surface area (TPSA) is 67.5 Å². The average Bonchev–Trinajstić information content (AvgIpc) is 2.99. The van der Waals surface area contributed by atoms with Crippen molar-refractivity contribution in [1.82, 2.24) is 0 Å². The number of carboxylic acid groups (broad SMARTS) is 1. The van der Waals surface area contributed by atoms with E-state index in [0.717, 1.165) is 17.6 Å². The van der Waals surface area contributed by atoms with Crippen LogP contribution in [0.1, 0.15) is 33.7 Å². The van der Waals surface area contributed by atoms with E-state index in [0.29, 0.717) is 28.7 Å². The molecule has 0 unspecified atom stereocenters. The molecule has 4 heteroatoms. The van der Waals surface area contributed by atoms with Crippen LogP contribution in [0.15, 0.2) is 57.7 Å². The van der Waals surface area contributed by atoms with E-state index < -0.39 is 5.97 Å². The molecule has 0 fully saturated rings. The van der Waals surface area contributed by atoms with Gasteiger partial charge in [0.2, 0.25) is 0 Å². The summed E-state index contributed by atoms with van der Waals surface area (Å²) < 4.78 is 5.94. The Hall–Kier alpha value is -3.14. The first-order valence-corrected chi connectivity index (χ1v) is 7.72. The summed E-state index contributed by atoms with van der Waals surface area (Å²) in [6.07, 6.45) is 3.39. The normalized spacial score (nSPS) is 14.9. The monoisotopic (exact) mass is 318 g/mol. The zero-order chi connectivity index (χ0) is 16.7. The lowest BCUT2D eigenvalue weighted by Gasteiger charge is -2.05. The third kappa shape index (κ3) is 2.33. The van der Waals surface area contributed by atoms with E-state index in [1.54, 1.807) is 6.07 Å². The third-order valence-corrected chi connectivity index (χ3v) is 4.31. The maximum Gasteiger partial charge on any atom is 0.335 e. The molecule has 0 saturated carbocycles.